The van der Waals surface area contributed by atoms with E-state index in [0.29, 0.717) is 10.6 Å². The van der Waals surface area contributed by atoms with Crippen molar-refractivity contribution in [2.75, 3.05) is 27.2 Å². The van der Waals surface area contributed by atoms with Crippen LogP contribution in [0.1, 0.15) is 5.56 Å². The highest BCUT2D eigenvalue weighted by Gasteiger charge is 2.50. The number of hydrogen-bond acceptors (Lipinski definition) is 5. The molecule has 38 heavy (non-hydrogen) atoms. The Hall–Kier alpha value is -2.44. The number of halogens is 5. The smallest absolute Gasteiger partial charge is 0.267 e. The van der Waals surface area contributed by atoms with Crippen molar-refractivity contribution in [2.24, 2.45) is 0 Å². The molecule has 2 amide bonds. The minimum absolute atomic E-state index is 0.0610. The fourth-order valence-electron chi connectivity index (χ4n) is 4.39. The zero-order valence-electron chi connectivity index (χ0n) is 20.2. The molecule has 8 nitrogen and oxygen atoms in total. The number of fused-ring (bicyclic) bond motifs is 1. The molecular weight excluding hydrogens is 585 g/mol. The first kappa shape index (κ1) is 28.6. The summed E-state index contributed by atoms with van der Waals surface area (Å²) in [6.07, 6.45) is -1.98. The maximum atomic E-state index is 13.9. The molecule has 0 bridgehead atoms. The minimum atomic E-state index is -4.43. The number of nitrogens with zero attached hydrogens (tertiary/aromatic N) is 4. The first-order valence-corrected chi connectivity index (χ1v) is 13.9. The van der Waals surface area contributed by atoms with Crippen LogP contribution >= 0.6 is 34.8 Å². The van der Waals surface area contributed by atoms with E-state index >= 15 is 0 Å². The van der Waals surface area contributed by atoms with Crippen LogP contribution in [-0.2, 0) is 26.0 Å². The topological polar surface area (TPSA) is 81.2 Å². The van der Waals surface area contributed by atoms with Gasteiger partial charge in [0.05, 0.1) is 18.1 Å². The first-order valence-electron chi connectivity index (χ1n) is 11.3. The lowest BCUT2D eigenvalue weighted by Gasteiger charge is -2.49. The Morgan fingerprint density at radius 1 is 1.00 bits per heavy atom. The predicted octanol–water partition coefficient (Wildman–Crippen LogP) is 3.93. The van der Waals surface area contributed by atoms with E-state index in [2.05, 4.69) is 0 Å². The number of alkyl halides is 2. The molecule has 2 heterocycles. The van der Waals surface area contributed by atoms with Gasteiger partial charge < -0.3 is 4.90 Å². The third-order valence-electron chi connectivity index (χ3n) is 6.28. The molecule has 2 aromatic rings. The van der Waals surface area contributed by atoms with Crippen molar-refractivity contribution in [1.82, 2.24) is 19.0 Å². The Bertz CT molecular complexity index is 1390. The van der Waals surface area contributed by atoms with Gasteiger partial charge in [0.2, 0.25) is 11.8 Å². The number of carbonyl (C=O) groups excluding carboxylic acids is 2. The number of carbonyl (C=O) groups is 2. The molecule has 14 heteroatoms. The normalized spacial score (nSPS) is 20.3. The second kappa shape index (κ2) is 11.0. The quantitative estimate of drug-likeness (QED) is 0.477. The summed E-state index contributed by atoms with van der Waals surface area (Å²) in [5.74, 6) is -1.53. The number of hydrogen-bond donors (Lipinski definition) is 0. The second-order valence-electron chi connectivity index (χ2n) is 9.01. The van der Waals surface area contributed by atoms with Crippen LogP contribution in [0, 0.1) is 0 Å². The molecular formula is C24H23Cl3F2N4O4S. The van der Waals surface area contributed by atoms with E-state index in [1.165, 1.54) is 23.1 Å². The molecule has 0 aliphatic carbocycles. The maximum absolute atomic E-state index is 13.9. The van der Waals surface area contributed by atoms with Crippen LogP contribution < -0.4 is 0 Å². The van der Waals surface area contributed by atoms with Crippen molar-refractivity contribution in [3.05, 3.63) is 75.1 Å². The van der Waals surface area contributed by atoms with Gasteiger partial charge in [-0.05, 0) is 50.0 Å². The average molecular weight is 608 g/mol. The zero-order chi connectivity index (χ0) is 27.9. The van der Waals surface area contributed by atoms with Gasteiger partial charge in [-0.1, -0.05) is 46.9 Å². The molecule has 2 aromatic carbocycles. The molecule has 204 valence electrons. The van der Waals surface area contributed by atoms with Crippen molar-refractivity contribution in [3.63, 3.8) is 0 Å². The third-order valence-corrected chi connectivity index (χ3v) is 9.02. The Kier molecular flexibility index (Phi) is 8.25. The standard InChI is InChI=1S/C24H23Cl3F2N4O4S/c1-30(2)19-11-32(38(36,37)20-8-7-16(26)10-17(20)27)22-13-31(12-21(28)29)23(34)18(33(22)24(19)35)9-14-3-5-15(25)6-4-14/h3-8,10,13,18-19,21H,9,11-12H2,1-2H3. The number of likely N-dealkylation sites (N-methyl/N-ethyl adjacent to an activating group) is 1. The second-order valence-corrected chi connectivity index (χ2v) is 12.1. The molecule has 2 unspecified atom stereocenters. The number of benzene rings is 2. The molecule has 4 rings (SSSR count). The van der Waals surface area contributed by atoms with Crippen LogP contribution in [0.2, 0.25) is 15.1 Å². The molecule has 1 saturated heterocycles. The highest BCUT2D eigenvalue weighted by molar-refractivity contribution is 7.89. The molecule has 0 saturated carbocycles. The molecule has 2 aliphatic rings. The van der Waals surface area contributed by atoms with Gasteiger partial charge in [0.15, 0.2) is 0 Å². The summed E-state index contributed by atoms with van der Waals surface area (Å²) in [6, 6.07) is 8.05. The summed E-state index contributed by atoms with van der Waals surface area (Å²) >= 11 is 18.2. The zero-order valence-corrected chi connectivity index (χ0v) is 23.3. The molecule has 0 radical (unpaired) electrons. The summed E-state index contributed by atoms with van der Waals surface area (Å²) in [5, 5.41) is 0.503. The van der Waals surface area contributed by atoms with Crippen LogP contribution in [0.5, 0.6) is 0 Å². The van der Waals surface area contributed by atoms with E-state index in [1.807, 2.05) is 0 Å². The van der Waals surface area contributed by atoms with Crippen LogP contribution in [-0.4, -0.2) is 84.9 Å². The Morgan fingerprint density at radius 3 is 2.21 bits per heavy atom. The van der Waals surface area contributed by atoms with E-state index in [9.17, 15) is 26.8 Å². The van der Waals surface area contributed by atoms with Crippen molar-refractivity contribution < 1.29 is 26.8 Å². The van der Waals surface area contributed by atoms with Crippen molar-refractivity contribution in [2.45, 2.75) is 29.8 Å². The number of amides is 2. The van der Waals surface area contributed by atoms with Crippen LogP contribution in [0.3, 0.4) is 0 Å². The van der Waals surface area contributed by atoms with Gasteiger partial charge in [0.1, 0.15) is 22.8 Å². The molecule has 2 atom stereocenters. The van der Waals surface area contributed by atoms with Crippen molar-refractivity contribution in [3.8, 4) is 0 Å². The largest absolute Gasteiger partial charge is 0.308 e. The van der Waals surface area contributed by atoms with E-state index in [-0.39, 0.29) is 33.7 Å². The van der Waals surface area contributed by atoms with E-state index in [4.69, 9.17) is 34.8 Å². The molecule has 0 aromatic heterocycles. The fourth-order valence-corrected chi connectivity index (χ4v) is 6.72. The van der Waals surface area contributed by atoms with Gasteiger partial charge in [-0.15, -0.1) is 0 Å². The lowest BCUT2D eigenvalue weighted by Crippen LogP contribution is -2.66. The average Bonchev–Trinajstić information content (AvgIpc) is 2.82. The van der Waals surface area contributed by atoms with Gasteiger partial charge in [0, 0.05) is 22.7 Å². The van der Waals surface area contributed by atoms with Gasteiger partial charge in [-0.2, -0.15) is 0 Å². The molecule has 0 N–H and O–H groups in total. The summed E-state index contributed by atoms with van der Waals surface area (Å²) in [5.41, 5.74) is 0.598. The molecule has 1 fully saturated rings. The first-order chi connectivity index (χ1) is 17.8. The lowest BCUT2D eigenvalue weighted by molar-refractivity contribution is -0.152. The van der Waals surface area contributed by atoms with Gasteiger partial charge in [0.25, 0.3) is 16.4 Å². The highest BCUT2D eigenvalue weighted by Crippen LogP contribution is 2.36. The predicted molar refractivity (Wildman–Crippen MR) is 139 cm³/mol. The van der Waals surface area contributed by atoms with E-state index in [1.54, 1.807) is 38.4 Å². The number of rotatable bonds is 7. The van der Waals surface area contributed by atoms with Crippen molar-refractivity contribution >= 4 is 56.6 Å². The Labute approximate surface area is 234 Å². The summed E-state index contributed by atoms with van der Waals surface area (Å²) in [7, 11) is -1.23. The van der Waals surface area contributed by atoms with Crippen LogP contribution in [0.4, 0.5) is 8.78 Å². The van der Waals surface area contributed by atoms with Crippen LogP contribution in [0.25, 0.3) is 0 Å². The summed E-state index contributed by atoms with van der Waals surface area (Å²) < 4.78 is 55.6. The summed E-state index contributed by atoms with van der Waals surface area (Å²) in [6.45, 7) is -1.31. The van der Waals surface area contributed by atoms with Crippen molar-refractivity contribution in [1.29, 1.82) is 0 Å². The van der Waals surface area contributed by atoms with Gasteiger partial charge >= 0.3 is 0 Å². The monoisotopic (exact) mass is 606 g/mol. The third kappa shape index (κ3) is 5.48. The van der Waals surface area contributed by atoms with Gasteiger partial charge in [-0.25, -0.2) is 21.5 Å². The Balaban J connectivity index is 1.88. The minimum Gasteiger partial charge on any atom is -0.308 e. The SMILES string of the molecule is CN(C)C1CN(S(=O)(=O)c2ccc(Cl)cc2Cl)C2=CN(CC(F)F)C(=O)C(Cc3ccc(Cl)cc3)N2C1=O. The maximum Gasteiger partial charge on any atom is 0.267 e. The van der Waals surface area contributed by atoms with E-state index < -0.39 is 46.9 Å². The lowest BCUT2D eigenvalue weighted by atomic mass is 9.99. The molecule has 2 aliphatic heterocycles. The van der Waals surface area contributed by atoms with E-state index in [0.717, 1.165) is 20.3 Å². The number of sulfonamides is 1. The Morgan fingerprint density at radius 2 is 1.63 bits per heavy atom. The highest BCUT2D eigenvalue weighted by atomic mass is 35.5. The van der Waals surface area contributed by atoms with Gasteiger partial charge in [-0.3, -0.25) is 19.4 Å². The fraction of sp³-hybridized carbons (Fsp3) is 0.333. The summed E-state index contributed by atoms with van der Waals surface area (Å²) in [4.78, 5) is 30.2. The molecule has 0 spiro atoms. The van der Waals surface area contributed by atoms with Crippen LogP contribution in [0.15, 0.2) is 59.4 Å².